The molecular weight excluding hydrogens is 374 g/mol. The average Bonchev–Trinajstić information content (AvgIpc) is 3.36. The topological polar surface area (TPSA) is 39.9 Å². The Morgan fingerprint density at radius 2 is 1.93 bits per heavy atom. The lowest BCUT2D eigenvalue weighted by Gasteiger charge is -2.13. The molecular formula is C21H19N3OS2. The minimum absolute atomic E-state index is 0.799. The van der Waals surface area contributed by atoms with Crippen LogP contribution in [0.25, 0.3) is 16.4 Å². The number of hydrogen-bond acceptors (Lipinski definition) is 5. The largest absolute Gasteiger partial charge is 0.495 e. The molecule has 0 amide bonds. The molecule has 0 spiro atoms. The van der Waals surface area contributed by atoms with Crippen molar-refractivity contribution >= 4 is 23.1 Å². The maximum Gasteiger partial charge on any atom is 0.196 e. The van der Waals surface area contributed by atoms with E-state index in [4.69, 9.17) is 4.74 Å². The van der Waals surface area contributed by atoms with E-state index in [-0.39, 0.29) is 0 Å². The van der Waals surface area contributed by atoms with Crippen molar-refractivity contribution in [2.75, 3.05) is 7.11 Å². The highest BCUT2D eigenvalue weighted by atomic mass is 32.2. The molecule has 0 saturated heterocycles. The van der Waals surface area contributed by atoms with Crippen LogP contribution in [0.15, 0.2) is 71.2 Å². The van der Waals surface area contributed by atoms with Crippen LogP contribution in [-0.2, 0) is 5.75 Å². The molecule has 0 unspecified atom stereocenters. The van der Waals surface area contributed by atoms with Crippen molar-refractivity contribution in [1.82, 2.24) is 14.8 Å². The van der Waals surface area contributed by atoms with Crippen molar-refractivity contribution in [3.8, 4) is 22.1 Å². The first-order valence-electron chi connectivity index (χ1n) is 8.57. The highest BCUT2D eigenvalue weighted by Gasteiger charge is 2.19. The van der Waals surface area contributed by atoms with Gasteiger partial charge >= 0.3 is 0 Å². The molecule has 0 bridgehead atoms. The van der Waals surface area contributed by atoms with Crippen LogP contribution in [-0.4, -0.2) is 21.9 Å². The van der Waals surface area contributed by atoms with Gasteiger partial charge in [0, 0.05) is 5.75 Å². The highest BCUT2D eigenvalue weighted by molar-refractivity contribution is 7.98. The molecule has 0 saturated carbocycles. The lowest BCUT2D eigenvalue weighted by molar-refractivity contribution is 0.412. The summed E-state index contributed by atoms with van der Waals surface area (Å²) in [5.74, 6) is 2.47. The van der Waals surface area contributed by atoms with Crippen molar-refractivity contribution in [3.63, 3.8) is 0 Å². The van der Waals surface area contributed by atoms with Gasteiger partial charge in [-0.25, -0.2) is 0 Å². The van der Waals surface area contributed by atoms with Crippen LogP contribution in [0.5, 0.6) is 5.75 Å². The number of aryl methyl sites for hydroxylation is 1. The molecule has 0 N–H and O–H groups in total. The molecule has 2 aromatic heterocycles. The first-order valence-corrected chi connectivity index (χ1v) is 10.4. The Hall–Kier alpha value is -2.57. The number of aromatic nitrogens is 3. The number of hydrogen-bond donors (Lipinski definition) is 0. The molecule has 6 heteroatoms. The predicted molar refractivity (Wildman–Crippen MR) is 112 cm³/mol. The SMILES string of the molecule is COc1ccccc1-n1c(SCc2cccc(C)c2)nnc1-c1cccs1. The predicted octanol–water partition coefficient (Wildman–Crippen LogP) is 5.61. The van der Waals surface area contributed by atoms with Gasteiger partial charge in [0.2, 0.25) is 0 Å². The summed E-state index contributed by atoms with van der Waals surface area (Å²) >= 11 is 3.33. The first kappa shape index (κ1) is 17.8. The van der Waals surface area contributed by atoms with Crippen LogP contribution in [0.2, 0.25) is 0 Å². The summed E-state index contributed by atoms with van der Waals surface area (Å²) in [6.45, 7) is 2.11. The third kappa shape index (κ3) is 3.77. The Labute approximate surface area is 166 Å². The molecule has 4 nitrogen and oxygen atoms in total. The van der Waals surface area contributed by atoms with Crippen LogP contribution in [0.3, 0.4) is 0 Å². The molecule has 4 rings (SSSR count). The van der Waals surface area contributed by atoms with E-state index in [1.807, 2.05) is 30.3 Å². The third-order valence-electron chi connectivity index (χ3n) is 4.15. The molecule has 0 aliphatic heterocycles. The van der Waals surface area contributed by atoms with E-state index in [0.717, 1.165) is 33.0 Å². The number of nitrogens with zero attached hydrogens (tertiary/aromatic N) is 3. The molecule has 0 fully saturated rings. The molecule has 0 aliphatic rings. The van der Waals surface area contributed by atoms with E-state index in [0.29, 0.717) is 0 Å². The summed E-state index contributed by atoms with van der Waals surface area (Å²) in [7, 11) is 1.69. The second-order valence-corrected chi connectivity index (χ2v) is 7.96. The minimum atomic E-state index is 0.799. The molecule has 0 atom stereocenters. The van der Waals surface area contributed by atoms with E-state index in [2.05, 4.69) is 57.4 Å². The summed E-state index contributed by atoms with van der Waals surface area (Å²) in [5.41, 5.74) is 3.48. The number of ether oxygens (including phenoxy) is 1. The van der Waals surface area contributed by atoms with Crippen LogP contribution in [0.1, 0.15) is 11.1 Å². The Morgan fingerprint density at radius 3 is 2.70 bits per heavy atom. The molecule has 136 valence electrons. The quantitative estimate of drug-likeness (QED) is 0.400. The van der Waals surface area contributed by atoms with Crippen LogP contribution in [0, 0.1) is 6.92 Å². The number of thioether (sulfide) groups is 1. The van der Waals surface area contributed by atoms with Gasteiger partial charge in [-0.3, -0.25) is 4.57 Å². The van der Waals surface area contributed by atoms with Gasteiger partial charge < -0.3 is 4.74 Å². The standard InChI is InChI=1S/C21H19N3OS2/c1-15-7-5-8-16(13-15)14-27-21-23-22-20(19-11-6-12-26-19)24(21)17-9-3-4-10-18(17)25-2/h3-13H,14H2,1-2H3. The second-order valence-electron chi connectivity index (χ2n) is 6.07. The summed E-state index contributed by atoms with van der Waals surface area (Å²) in [5, 5.41) is 11.9. The van der Waals surface area contributed by atoms with Gasteiger partial charge in [0.25, 0.3) is 0 Å². The number of rotatable bonds is 6. The summed E-state index contributed by atoms with van der Waals surface area (Å²) in [6.07, 6.45) is 0. The minimum Gasteiger partial charge on any atom is -0.495 e. The van der Waals surface area contributed by atoms with E-state index in [1.54, 1.807) is 30.2 Å². The fraction of sp³-hybridized carbons (Fsp3) is 0.143. The Morgan fingerprint density at radius 1 is 1.04 bits per heavy atom. The number of para-hydroxylation sites is 2. The monoisotopic (exact) mass is 393 g/mol. The fourth-order valence-electron chi connectivity index (χ4n) is 2.91. The number of benzene rings is 2. The molecule has 2 aromatic carbocycles. The summed E-state index contributed by atoms with van der Waals surface area (Å²) in [6, 6.07) is 20.6. The van der Waals surface area contributed by atoms with Gasteiger partial charge in [0.15, 0.2) is 11.0 Å². The second kappa shape index (κ2) is 7.98. The zero-order valence-corrected chi connectivity index (χ0v) is 16.8. The summed E-state index contributed by atoms with van der Waals surface area (Å²) in [4.78, 5) is 1.08. The van der Waals surface area contributed by atoms with Crippen LogP contribution >= 0.6 is 23.1 Å². The van der Waals surface area contributed by atoms with Gasteiger partial charge in [0.05, 0.1) is 17.7 Å². The van der Waals surface area contributed by atoms with Gasteiger partial charge in [0.1, 0.15) is 5.75 Å². The Bertz CT molecular complexity index is 1040. The van der Waals surface area contributed by atoms with E-state index in [1.165, 1.54) is 11.1 Å². The lowest BCUT2D eigenvalue weighted by atomic mass is 10.2. The molecule has 0 radical (unpaired) electrons. The first-order chi connectivity index (χ1) is 13.3. The maximum atomic E-state index is 5.59. The van der Waals surface area contributed by atoms with Gasteiger partial charge in [-0.2, -0.15) is 0 Å². The zero-order valence-electron chi connectivity index (χ0n) is 15.1. The number of methoxy groups -OCH3 is 1. The van der Waals surface area contributed by atoms with Gasteiger partial charge in [-0.05, 0) is 36.1 Å². The Balaban J connectivity index is 1.76. The van der Waals surface area contributed by atoms with Crippen molar-refractivity contribution < 1.29 is 4.74 Å². The van der Waals surface area contributed by atoms with E-state index < -0.39 is 0 Å². The summed E-state index contributed by atoms with van der Waals surface area (Å²) < 4.78 is 7.68. The molecule has 2 heterocycles. The van der Waals surface area contributed by atoms with Crippen LogP contribution < -0.4 is 4.74 Å². The van der Waals surface area contributed by atoms with E-state index >= 15 is 0 Å². The normalized spacial score (nSPS) is 10.9. The maximum absolute atomic E-state index is 5.59. The molecule has 27 heavy (non-hydrogen) atoms. The van der Waals surface area contributed by atoms with Crippen molar-refractivity contribution in [1.29, 1.82) is 0 Å². The van der Waals surface area contributed by atoms with Crippen LogP contribution in [0.4, 0.5) is 0 Å². The lowest BCUT2D eigenvalue weighted by Crippen LogP contribution is -2.01. The smallest absolute Gasteiger partial charge is 0.196 e. The zero-order chi connectivity index (χ0) is 18.6. The van der Waals surface area contributed by atoms with Gasteiger partial charge in [-0.1, -0.05) is 59.8 Å². The third-order valence-corrected chi connectivity index (χ3v) is 6.02. The van der Waals surface area contributed by atoms with Crippen molar-refractivity contribution in [2.24, 2.45) is 0 Å². The van der Waals surface area contributed by atoms with Crippen molar-refractivity contribution in [2.45, 2.75) is 17.8 Å². The number of thiophene rings is 1. The molecule has 0 aliphatic carbocycles. The molecule has 4 aromatic rings. The Kier molecular flexibility index (Phi) is 5.27. The van der Waals surface area contributed by atoms with Gasteiger partial charge in [-0.15, -0.1) is 21.5 Å². The average molecular weight is 394 g/mol. The van der Waals surface area contributed by atoms with E-state index in [9.17, 15) is 0 Å². The van der Waals surface area contributed by atoms with Crippen molar-refractivity contribution in [3.05, 3.63) is 77.2 Å². The highest BCUT2D eigenvalue weighted by Crippen LogP contribution is 2.34. The fourth-order valence-corrected chi connectivity index (χ4v) is 4.50.